The van der Waals surface area contributed by atoms with E-state index < -0.39 is 0 Å². The van der Waals surface area contributed by atoms with Crippen LogP contribution >= 0.6 is 0 Å². The highest BCUT2D eigenvalue weighted by Crippen LogP contribution is 2.25. The van der Waals surface area contributed by atoms with E-state index >= 15 is 0 Å². The summed E-state index contributed by atoms with van der Waals surface area (Å²) in [5.41, 5.74) is 0. The summed E-state index contributed by atoms with van der Waals surface area (Å²) in [5, 5.41) is 15.2. The number of nitrogens with zero attached hydrogens (tertiary/aromatic N) is 4. The summed E-state index contributed by atoms with van der Waals surface area (Å²) in [7, 11) is 1.95. The van der Waals surface area contributed by atoms with Crippen molar-refractivity contribution in [1.29, 1.82) is 0 Å². The van der Waals surface area contributed by atoms with Crippen molar-refractivity contribution in [1.82, 2.24) is 25.4 Å². The maximum atomic E-state index is 11.9. The van der Waals surface area contributed by atoms with E-state index in [4.69, 9.17) is 9.73 Å². The highest BCUT2D eigenvalue weighted by Gasteiger charge is 2.27. The van der Waals surface area contributed by atoms with Gasteiger partial charge in [0.05, 0.1) is 12.5 Å². The maximum Gasteiger partial charge on any atom is 0.308 e. The second-order valence-electron chi connectivity index (χ2n) is 7.11. The zero-order valence-electron chi connectivity index (χ0n) is 17.1. The molecule has 152 valence electrons. The highest BCUT2D eigenvalue weighted by molar-refractivity contribution is 5.80. The third-order valence-electron chi connectivity index (χ3n) is 5.07. The van der Waals surface area contributed by atoms with Crippen LogP contribution in [0.2, 0.25) is 0 Å². The fourth-order valence-electron chi connectivity index (χ4n) is 3.20. The normalized spacial score (nSPS) is 20.4. The number of hydrogen-bond acceptors (Lipinski definition) is 5. The molecule has 1 aliphatic rings. The number of rotatable bonds is 8. The number of carbonyl (C=O) groups is 1. The van der Waals surface area contributed by atoms with E-state index in [1.807, 2.05) is 25.5 Å². The quantitative estimate of drug-likeness (QED) is 0.311. The van der Waals surface area contributed by atoms with Gasteiger partial charge < -0.3 is 19.9 Å². The molecule has 1 aromatic rings. The van der Waals surface area contributed by atoms with Crippen LogP contribution in [-0.2, 0) is 23.1 Å². The van der Waals surface area contributed by atoms with Crippen LogP contribution in [0.5, 0.6) is 0 Å². The SMILES string of the molecule is CCCCNC(=NCc1nnc(C)n1C)NC1CCC(C(=O)OCC)CC1. The van der Waals surface area contributed by atoms with Crippen molar-refractivity contribution in [2.75, 3.05) is 13.2 Å². The minimum Gasteiger partial charge on any atom is -0.466 e. The molecule has 1 saturated carbocycles. The number of unbranched alkanes of at least 4 members (excludes halogenated alkanes) is 1. The topological polar surface area (TPSA) is 93.4 Å². The predicted molar refractivity (Wildman–Crippen MR) is 105 cm³/mol. The highest BCUT2D eigenvalue weighted by atomic mass is 16.5. The van der Waals surface area contributed by atoms with E-state index in [1.54, 1.807) is 0 Å². The lowest BCUT2D eigenvalue weighted by Gasteiger charge is -2.29. The smallest absolute Gasteiger partial charge is 0.308 e. The standard InChI is InChI=1S/C19H34N6O2/c1-5-7-12-20-19(21-13-17-24-23-14(3)25(17)4)22-16-10-8-15(9-11-16)18(26)27-6-2/h15-16H,5-13H2,1-4H3,(H2,20,21,22). The Kier molecular flexibility index (Phi) is 8.54. The number of guanidine groups is 1. The van der Waals surface area contributed by atoms with Gasteiger partial charge >= 0.3 is 5.97 Å². The molecule has 0 radical (unpaired) electrons. The number of carbonyl (C=O) groups excluding carboxylic acids is 1. The molecule has 0 aliphatic heterocycles. The molecule has 8 heteroatoms. The third-order valence-corrected chi connectivity index (χ3v) is 5.07. The van der Waals surface area contributed by atoms with Gasteiger partial charge in [-0.25, -0.2) is 4.99 Å². The first kappa shape index (κ1) is 21.2. The van der Waals surface area contributed by atoms with Crippen LogP contribution in [0, 0.1) is 12.8 Å². The van der Waals surface area contributed by atoms with Crippen molar-refractivity contribution in [2.24, 2.45) is 18.0 Å². The molecule has 1 aromatic heterocycles. The lowest BCUT2D eigenvalue weighted by Crippen LogP contribution is -2.45. The number of aliphatic imine (C=N–C) groups is 1. The fraction of sp³-hybridized carbons (Fsp3) is 0.789. The van der Waals surface area contributed by atoms with E-state index in [9.17, 15) is 4.79 Å². The van der Waals surface area contributed by atoms with Gasteiger partial charge in [-0.3, -0.25) is 4.79 Å². The Morgan fingerprint density at radius 2 is 2.00 bits per heavy atom. The first-order valence-corrected chi connectivity index (χ1v) is 10.1. The molecule has 8 nitrogen and oxygen atoms in total. The van der Waals surface area contributed by atoms with Crippen molar-refractivity contribution < 1.29 is 9.53 Å². The molecular formula is C19H34N6O2. The van der Waals surface area contributed by atoms with Gasteiger partial charge in [-0.05, 0) is 46.0 Å². The van der Waals surface area contributed by atoms with Crippen molar-refractivity contribution in [3.8, 4) is 0 Å². The van der Waals surface area contributed by atoms with Crippen molar-refractivity contribution in [2.45, 2.75) is 71.9 Å². The van der Waals surface area contributed by atoms with Crippen LogP contribution in [0.25, 0.3) is 0 Å². The number of aromatic nitrogens is 3. The van der Waals surface area contributed by atoms with Crippen LogP contribution in [0.1, 0.15) is 64.0 Å². The number of nitrogens with one attached hydrogen (secondary N) is 2. The molecule has 27 heavy (non-hydrogen) atoms. The molecule has 0 atom stereocenters. The van der Waals surface area contributed by atoms with Gasteiger partial charge in [0.15, 0.2) is 11.8 Å². The molecule has 1 heterocycles. The number of ether oxygens (including phenoxy) is 1. The average Bonchev–Trinajstić information content (AvgIpc) is 2.99. The Morgan fingerprint density at radius 1 is 1.26 bits per heavy atom. The minimum absolute atomic E-state index is 0.0399. The van der Waals surface area contributed by atoms with Crippen LogP contribution in [0.15, 0.2) is 4.99 Å². The number of aryl methyl sites for hydroxylation is 1. The molecule has 2 N–H and O–H groups in total. The minimum atomic E-state index is -0.0523. The van der Waals surface area contributed by atoms with E-state index in [1.165, 1.54) is 0 Å². The molecular weight excluding hydrogens is 344 g/mol. The zero-order valence-corrected chi connectivity index (χ0v) is 17.1. The zero-order chi connectivity index (χ0) is 19.6. The van der Waals surface area contributed by atoms with E-state index in [0.717, 1.165) is 62.7 Å². The molecule has 0 saturated heterocycles. The second-order valence-corrected chi connectivity index (χ2v) is 7.11. The Morgan fingerprint density at radius 3 is 2.59 bits per heavy atom. The summed E-state index contributed by atoms with van der Waals surface area (Å²) in [6.45, 7) is 7.78. The average molecular weight is 379 g/mol. The summed E-state index contributed by atoms with van der Waals surface area (Å²) in [4.78, 5) is 16.6. The Balaban J connectivity index is 1.91. The molecule has 0 amide bonds. The summed E-state index contributed by atoms with van der Waals surface area (Å²) < 4.78 is 7.11. The second kappa shape index (κ2) is 10.9. The lowest BCUT2D eigenvalue weighted by atomic mass is 9.86. The van der Waals surface area contributed by atoms with Gasteiger partial charge in [0.2, 0.25) is 0 Å². The van der Waals surface area contributed by atoms with Crippen LogP contribution < -0.4 is 10.6 Å². The Hall–Kier alpha value is -2.12. The van der Waals surface area contributed by atoms with Crippen LogP contribution in [-0.4, -0.2) is 45.9 Å². The Bertz CT molecular complexity index is 620. The number of hydrogen-bond donors (Lipinski definition) is 2. The fourth-order valence-corrected chi connectivity index (χ4v) is 3.20. The van der Waals surface area contributed by atoms with Gasteiger partial charge in [0, 0.05) is 19.6 Å². The first-order chi connectivity index (χ1) is 13.0. The van der Waals surface area contributed by atoms with Gasteiger partial charge in [0.1, 0.15) is 12.4 Å². The van der Waals surface area contributed by atoms with Crippen molar-refractivity contribution in [3.05, 3.63) is 11.6 Å². The molecule has 2 rings (SSSR count). The van der Waals surface area contributed by atoms with Gasteiger partial charge in [-0.2, -0.15) is 0 Å². The summed E-state index contributed by atoms with van der Waals surface area (Å²) in [6, 6.07) is 0.324. The third kappa shape index (κ3) is 6.52. The molecule has 1 aliphatic carbocycles. The summed E-state index contributed by atoms with van der Waals surface area (Å²) in [5.74, 6) is 2.52. The number of esters is 1. The van der Waals surface area contributed by atoms with Gasteiger partial charge in [-0.1, -0.05) is 13.3 Å². The van der Waals surface area contributed by atoms with Crippen LogP contribution in [0.4, 0.5) is 0 Å². The molecule has 0 bridgehead atoms. The lowest BCUT2D eigenvalue weighted by molar-refractivity contribution is -0.149. The molecule has 1 fully saturated rings. The first-order valence-electron chi connectivity index (χ1n) is 10.1. The molecule has 0 spiro atoms. The van der Waals surface area contributed by atoms with E-state index in [-0.39, 0.29) is 11.9 Å². The Labute approximate surface area is 162 Å². The van der Waals surface area contributed by atoms with Gasteiger partial charge in [0.25, 0.3) is 0 Å². The maximum absolute atomic E-state index is 11.9. The van der Waals surface area contributed by atoms with Crippen LogP contribution in [0.3, 0.4) is 0 Å². The largest absolute Gasteiger partial charge is 0.466 e. The molecule has 0 aromatic carbocycles. The van der Waals surface area contributed by atoms with Crippen molar-refractivity contribution >= 4 is 11.9 Å². The summed E-state index contributed by atoms with van der Waals surface area (Å²) >= 11 is 0. The monoisotopic (exact) mass is 378 g/mol. The van der Waals surface area contributed by atoms with E-state index in [0.29, 0.717) is 19.2 Å². The predicted octanol–water partition coefficient (Wildman–Crippen LogP) is 2.08. The summed E-state index contributed by atoms with van der Waals surface area (Å²) in [6.07, 6.45) is 5.84. The molecule has 0 unspecified atom stereocenters. The van der Waals surface area contributed by atoms with E-state index in [2.05, 4.69) is 27.8 Å². The van der Waals surface area contributed by atoms with Crippen molar-refractivity contribution in [3.63, 3.8) is 0 Å². The van der Waals surface area contributed by atoms with Gasteiger partial charge in [-0.15, -0.1) is 10.2 Å².